The summed E-state index contributed by atoms with van der Waals surface area (Å²) in [5.41, 5.74) is 8.02. The van der Waals surface area contributed by atoms with Gasteiger partial charge in [0.2, 0.25) is 0 Å². The molecule has 4 N–H and O–H groups in total. The van der Waals surface area contributed by atoms with Crippen LogP contribution in [0.25, 0.3) is 10.9 Å². The van der Waals surface area contributed by atoms with Crippen molar-refractivity contribution < 1.29 is 9.90 Å². The van der Waals surface area contributed by atoms with E-state index in [0.29, 0.717) is 0 Å². The zero-order valence-electron chi connectivity index (χ0n) is 12.0. The molecule has 0 spiro atoms. The van der Waals surface area contributed by atoms with Crippen LogP contribution in [-0.2, 0) is 4.79 Å². The first-order valence-corrected chi connectivity index (χ1v) is 7.14. The predicted molar refractivity (Wildman–Crippen MR) is 80.7 cm³/mol. The molecule has 20 heavy (non-hydrogen) atoms. The van der Waals surface area contributed by atoms with Gasteiger partial charge in [0.15, 0.2) is 0 Å². The molecule has 0 unspecified atom stereocenters. The van der Waals surface area contributed by atoms with Crippen molar-refractivity contribution in [2.75, 3.05) is 0 Å². The highest BCUT2D eigenvalue weighted by Gasteiger charge is 2.32. The highest BCUT2D eigenvalue weighted by atomic mass is 16.4. The lowest BCUT2D eigenvalue weighted by molar-refractivity contribution is -0.139. The molecule has 0 bridgehead atoms. The zero-order chi connectivity index (χ0) is 14.7. The average Bonchev–Trinajstić information content (AvgIpc) is 2.87. The number of aromatic nitrogens is 1. The van der Waals surface area contributed by atoms with E-state index < -0.39 is 12.0 Å². The Morgan fingerprint density at radius 3 is 2.55 bits per heavy atom. The summed E-state index contributed by atoms with van der Waals surface area (Å²) in [5.74, 6) is -0.842. The fourth-order valence-corrected chi connectivity index (χ4v) is 3.06. The van der Waals surface area contributed by atoms with Crippen LogP contribution in [0.2, 0.25) is 0 Å². The van der Waals surface area contributed by atoms with Gasteiger partial charge in [-0.1, -0.05) is 44.9 Å². The summed E-state index contributed by atoms with van der Waals surface area (Å²) in [6.07, 6.45) is 3.75. The van der Waals surface area contributed by atoms with Crippen molar-refractivity contribution in [3.05, 3.63) is 36.0 Å². The van der Waals surface area contributed by atoms with Crippen LogP contribution < -0.4 is 5.73 Å². The summed E-state index contributed by atoms with van der Waals surface area (Å²) in [6, 6.07) is 7.07. The molecule has 2 aromatic rings. The SMILES string of the molecule is CCC(CC)[C@@H](c1c[nH]c2ccccc12)[C@H](N)C(=O)O. The fraction of sp³-hybridized carbons (Fsp3) is 0.438. The van der Waals surface area contributed by atoms with Crippen LogP contribution in [0.3, 0.4) is 0 Å². The first-order chi connectivity index (χ1) is 9.60. The smallest absolute Gasteiger partial charge is 0.321 e. The van der Waals surface area contributed by atoms with Gasteiger partial charge in [-0.2, -0.15) is 0 Å². The maximum atomic E-state index is 11.4. The Morgan fingerprint density at radius 1 is 1.30 bits per heavy atom. The number of carbonyl (C=O) groups is 1. The van der Waals surface area contributed by atoms with E-state index in [2.05, 4.69) is 18.8 Å². The number of hydrogen-bond donors (Lipinski definition) is 3. The van der Waals surface area contributed by atoms with Crippen LogP contribution >= 0.6 is 0 Å². The van der Waals surface area contributed by atoms with E-state index in [0.717, 1.165) is 29.3 Å². The van der Waals surface area contributed by atoms with Gasteiger partial charge in [0.05, 0.1) is 0 Å². The molecule has 1 aromatic heterocycles. The van der Waals surface area contributed by atoms with Crippen LogP contribution in [-0.4, -0.2) is 22.1 Å². The van der Waals surface area contributed by atoms with Gasteiger partial charge in [-0.3, -0.25) is 4.79 Å². The summed E-state index contributed by atoms with van der Waals surface area (Å²) in [4.78, 5) is 14.6. The van der Waals surface area contributed by atoms with Crippen LogP contribution in [0, 0.1) is 5.92 Å². The Balaban J connectivity index is 2.52. The molecule has 108 valence electrons. The van der Waals surface area contributed by atoms with Gasteiger partial charge < -0.3 is 15.8 Å². The van der Waals surface area contributed by atoms with Gasteiger partial charge in [-0.25, -0.2) is 0 Å². The number of aliphatic carboxylic acids is 1. The van der Waals surface area contributed by atoms with E-state index >= 15 is 0 Å². The van der Waals surface area contributed by atoms with Gasteiger partial charge in [-0.05, 0) is 17.5 Å². The van der Waals surface area contributed by atoms with Crippen molar-refractivity contribution >= 4 is 16.9 Å². The standard InChI is InChI=1S/C16H22N2O2/c1-3-10(4-2)14(15(17)16(19)20)12-9-18-13-8-6-5-7-11(12)13/h5-10,14-15,18H,3-4,17H2,1-2H3,(H,19,20)/t14-,15-/m0/s1. The molecule has 0 aliphatic rings. The molecule has 1 heterocycles. The Hall–Kier alpha value is -1.81. The summed E-state index contributed by atoms with van der Waals surface area (Å²) in [5, 5.41) is 10.4. The molecule has 0 saturated carbocycles. The van der Waals surface area contributed by atoms with Crippen molar-refractivity contribution in [1.82, 2.24) is 4.98 Å². The lowest BCUT2D eigenvalue weighted by Crippen LogP contribution is -2.39. The summed E-state index contributed by atoms with van der Waals surface area (Å²) >= 11 is 0. The third kappa shape index (κ3) is 2.56. The number of nitrogens with one attached hydrogen (secondary N) is 1. The molecule has 2 atom stereocenters. The Morgan fingerprint density at radius 2 is 1.95 bits per heavy atom. The molecular weight excluding hydrogens is 252 g/mol. The van der Waals surface area contributed by atoms with Gasteiger partial charge in [0.1, 0.15) is 6.04 Å². The molecular formula is C16H22N2O2. The largest absolute Gasteiger partial charge is 0.480 e. The number of hydrogen-bond acceptors (Lipinski definition) is 2. The fourth-order valence-electron chi connectivity index (χ4n) is 3.06. The second kappa shape index (κ2) is 6.09. The molecule has 0 fully saturated rings. The quantitative estimate of drug-likeness (QED) is 0.757. The predicted octanol–water partition coefficient (Wildman–Crippen LogP) is 3.10. The highest BCUT2D eigenvalue weighted by Crippen LogP contribution is 2.36. The van der Waals surface area contributed by atoms with Gasteiger partial charge >= 0.3 is 5.97 Å². The van der Waals surface area contributed by atoms with E-state index in [4.69, 9.17) is 5.73 Å². The molecule has 4 nitrogen and oxygen atoms in total. The molecule has 2 rings (SSSR count). The lowest BCUT2D eigenvalue weighted by Gasteiger charge is -2.28. The van der Waals surface area contributed by atoms with Gasteiger partial charge in [0, 0.05) is 23.0 Å². The molecule has 0 aliphatic heterocycles. The number of fused-ring (bicyclic) bond motifs is 1. The normalized spacial score (nSPS) is 14.6. The Labute approximate surface area is 119 Å². The van der Waals surface area contributed by atoms with Crippen LogP contribution in [0.4, 0.5) is 0 Å². The summed E-state index contributed by atoms with van der Waals surface area (Å²) in [7, 11) is 0. The first kappa shape index (κ1) is 14.6. The number of carboxylic acid groups (broad SMARTS) is 1. The number of carboxylic acids is 1. The lowest BCUT2D eigenvalue weighted by atomic mass is 9.78. The molecule has 1 aromatic carbocycles. The van der Waals surface area contributed by atoms with Crippen LogP contribution in [0.5, 0.6) is 0 Å². The van der Waals surface area contributed by atoms with Crippen molar-refractivity contribution in [3.8, 4) is 0 Å². The van der Waals surface area contributed by atoms with Crippen molar-refractivity contribution in [3.63, 3.8) is 0 Å². The molecule has 0 amide bonds. The van der Waals surface area contributed by atoms with Crippen molar-refractivity contribution in [2.24, 2.45) is 11.7 Å². The maximum Gasteiger partial charge on any atom is 0.321 e. The number of benzene rings is 1. The second-order valence-electron chi connectivity index (χ2n) is 5.26. The minimum Gasteiger partial charge on any atom is -0.480 e. The van der Waals surface area contributed by atoms with Crippen molar-refractivity contribution in [2.45, 2.75) is 38.6 Å². The van der Waals surface area contributed by atoms with Crippen LogP contribution in [0.15, 0.2) is 30.5 Å². The van der Waals surface area contributed by atoms with Gasteiger partial charge in [-0.15, -0.1) is 0 Å². The molecule has 0 radical (unpaired) electrons. The molecule has 4 heteroatoms. The van der Waals surface area contributed by atoms with E-state index in [-0.39, 0.29) is 11.8 Å². The second-order valence-corrected chi connectivity index (χ2v) is 5.26. The number of para-hydroxylation sites is 1. The molecule has 0 aliphatic carbocycles. The summed E-state index contributed by atoms with van der Waals surface area (Å²) in [6.45, 7) is 4.18. The summed E-state index contributed by atoms with van der Waals surface area (Å²) < 4.78 is 0. The van der Waals surface area contributed by atoms with Gasteiger partial charge in [0.25, 0.3) is 0 Å². The minimum absolute atomic E-state index is 0.168. The number of nitrogens with two attached hydrogens (primary N) is 1. The Kier molecular flexibility index (Phi) is 4.45. The topological polar surface area (TPSA) is 79.1 Å². The average molecular weight is 274 g/mol. The van der Waals surface area contributed by atoms with E-state index in [9.17, 15) is 9.90 Å². The maximum absolute atomic E-state index is 11.4. The minimum atomic E-state index is -0.938. The van der Waals surface area contributed by atoms with Crippen LogP contribution in [0.1, 0.15) is 38.2 Å². The van der Waals surface area contributed by atoms with E-state index in [1.165, 1.54) is 0 Å². The monoisotopic (exact) mass is 274 g/mol. The van der Waals surface area contributed by atoms with E-state index in [1.807, 2.05) is 30.5 Å². The highest BCUT2D eigenvalue weighted by molar-refractivity contribution is 5.85. The Bertz CT molecular complexity index is 587. The van der Waals surface area contributed by atoms with E-state index in [1.54, 1.807) is 0 Å². The van der Waals surface area contributed by atoms with Crippen molar-refractivity contribution in [1.29, 1.82) is 0 Å². The third-order valence-corrected chi connectivity index (χ3v) is 4.21. The number of aromatic amines is 1. The third-order valence-electron chi connectivity index (χ3n) is 4.21. The molecule has 0 saturated heterocycles. The zero-order valence-corrected chi connectivity index (χ0v) is 12.0. The number of rotatable bonds is 6. The number of H-pyrrole nitrogens is 1. The first-order valence-electron chi connectivity index (χ1n) is 7.14.